The van der Waals surface area contributed by atoms with Crippen LogP contribution in [-0.4, -0.2) is 61.9 Å². The highest BCUT2D eigenvalue weighted by molar-refractivity contribution is 14.0. The summed E-state index contributed by atoms with van der Waals surface area (Å²) < 4.78 is 13.0. The maximum absolute atomic E-state index is 13.0. The van der Waals surface area contributed by atoms with E-state index < -0.39 is 0 Å². The first-order valence-electron chi connectivity index (χ1n) is 9.17. The first kappa shape index (κ1) is 23.6. The number of halogens is 2. The van der Waals surface area contributed by atoms with Gasteiger partial charge in [-0.05, 0) is 50.0 Å². The number of carbonyl (C=O) groups excluding carboxylic acids is 1. The molecule has 0 bridgehead atoms. The SMILES string of the molecule is CN=C(NCCCN1CCCC(C(N)=O)C1)N(C)Cc1ccc(F)cc1.I. The van der Waals surface area contributed by atoms with Gasteiger partial charge in [0.25, 0.3) is 0 Å². The molecule has 1 saturated heterocycles. The second-order valence-corrected chi connectivity index (χ2v) is 6.85. The molecule has 6 nitrogen and oxygen atoms in total. The third kappa shape index (κ3) is 8.00. The first-order chi connectivity index (χ1) is 12.5. The Morgan fingerprint density at radius 1 is 1.41 bits per heavy atom. The van der Waals surface area contributed by atoms with Crippen LogP contribution in [0.15, 0.2) is 29.3 Å². The fraction of sp³-hybridized carbons (Fsp3) is 0.579. The molecule has 0 radical (unpaired) electrons. The van der Waals surface area contributed by atoms with E-state index in [0.29, 0.717) is 6.54 Å². The lowest BCUT2D eigenvalue weighted by molar-refractivity contribution is -0.123. The molecule has 27 heavy (non-hydrogen) atoms. The van der Waals surface area contributed by atoms with Gasteiger partial charge >= 0.3 is 0 Å². The van der Waals surface area contributed by atoms with Crippen molar-refractivity contribution in [3.63, 3.8) is 0 Å². The van der Waals surface area contributed by atoms with Gasteiger partial charge in [-0.1, -0.05) is 12.1 Å². The van der Waals surface area contributed by atoms with Crippen molar-refractivity contribution in [2.75, 3.05) is 40.3 Å². The van der Waals surface area contributed by atoms with Crippen molar-refractivity contribution in [2.45, 2.75) is 25.8 Å². The van der Waals surface area contributed by atoms with Crippen molar-refractivity contribution in [2.24, 2.45) is 16.6 Å². The van der Waals surface area contributed by atoms with Crippen molar-refractivity contribution >= 4 is 35.8 Å². The summed E-state index contributed by atoms with van der Waals surface area (Å²) in [4.78, 5) is 20.0. The zero-order chi connectivity index (χ0) is 18.9. The molecule has 1 atom stereocenters. The average molecular weight is 491 g/mol. The number of guanidine groups is 1. The van der Waals surface area contributed by atoms with Gasteiger partial charge in [-0.3, -0.25) is 9.79 Å². The lowest BCUT2D eigenvalue weighted by atomic mass is 9.97. The molecule has 152 valence electrons. The Kier molecular flexibility index (Phi) is 10.6. The minimum Gasteiger partial charge on any atom is -0.369 e. The maximum Gasteiger partial charge on any atom is 0.221 e. The summed E-state index contributed by atoms with van der Waals surface area (Å²) in [6.45, 7) is 4.21. The molecule has 3 N–H and O–H groups in total. The molecular formula is C19H31FIN5O. The molecular weight excluding hydrogens is 460 g/mol. The van der Waals surface area contributed by atoms with Crippen LogP contribution in [0.2, 0.25) is 0 Å². The smallest absolute Gasteiger partial charge is 0.221 e. The van der Waals surface area contributed by atoms with E-state index in [1.807, 2.05) is 11.9 Å². The third-order valence-electron chi connectivity index (χ3n) is 4.75. The summed E-state index contributed by atoms with van der Waals surface area (Å²) in [5.74, 6) is 0.389. The fourth-order valence-corrected chi connectivity index (χ4v) is 3.32. The van der Waals surface area contributed by atoms with Gasteiger partial charge in [0.2, 0.25) is 5.91 Å². The number of likely N-dealkylation sites (tertiary alicyclic amines) is 1. The van der Waals surface area contributed by atoms with E-state index in [4.69, 9.17) is 5.73 Å². The Hall–Kier alpha value is -1.42. The van der Waals surface area contributed by atoms with Crippen molar-refractivity contribution in [3.05, 3.63) is 35.6 Å². The van der Waals surface area contributed by atoms with E-state index in [1.165, 1.54) is 12.1 Å². The minimum absolute atomic E-state index is 0. The number of hydrogen-bond donors (Lipinski definition) is 2. The molecule has 1 aromatic carbocycles. The zero-order valence-corrected chi connectivity index (χ0v) is 18.5. The predicted octanol–water partition coefficient (Wildman–Crippen LogP) is 2.04. The van der Waals surface area contributed by atoms with Crippen LogP contribution < -0.4 is 11.1 Å². The predicted molar refractivity (Wildman–Crippen MR) is 118 cm³/mol. The number of rotatable bonds is 7. The average Bonchev–Trinajstić information content (AvgIpc) is 2.63. The highest BCUT2D eigenvalue weighted by atomic mass is 127. The zero-order valence-electron chi connectivity index (χ0n) is 16.2. The lowest BCUT2D eigenvalue weighted by Crippen LogP contribution is -2.43. The molecule has 1 amide bonds. The van der Waals surface area contributed by atoms with Crippen LogP contribution in [0.25, 0.3) is 0 Å². The van der Waals surface area contributed by atoms with E-state index in [2.05, 4.69) is 15.2 Å². The van der Waals surface area contributed by atoms with Gasteiger partial charge in [0.05, 0.1) is 5.92 Å². The van der Waals surface area contributed by atoms with Crippen LogP contribution in [-0.2, 0) is 11.3 Å². The molecule has 1 aliphatic heterocycles. The minimum atomic E-state index is -0.227. The molecule has 8 heteroatoms. The highest BCUT2D eigenvalue weighted by Crippen LogP contribution is 2.15. The number of nitrogens with zero attached hydrogens (tertiary/aromatic N) is 3. The summed E-state index contributed by atoms with van der Waals surface area (Å²) in [6, 6.07) is 6.50. The van der Waals surface area contributed by atoms with Crippen molar-refractivity contribution in [1.82, 2.24) is 15.1 Å². The summed E-state index contributed by atoms with van der Waals surface area (Å²) in [5, 5.41) is 3.36. The number of benzene rings is 1. The molecule has 0 aromatic heterocycles. The normalized spacial score (nSPS) is 17.9. The maximum atomic E-state index is 13.0. The molecule has 1 fully saturated rings. The van der Waals surface area contributed by atoms with Gasteiger partial charge in [0.1, 0.15) is 5.82 Å². The van der Waals surface area contributed by atoms with E-state index in [1.54, 1.807) is 19.2 Å². The molecule has 0 saturated carbocycles. The fourth-order valence-electron chi connectivity index (χ4n) is 3.32. The Labute approximate surface area is 178 Å². The van der Waals surface area contributed by atoms with Gasteiger partial charge < -0.3 is 20.9 Å². The van der Waals surface area contributed by atoms with Gasteiger partial charge in [-0.15, -0.1) is 24.0 Å². The Bertz CT molecular complexity index is 611. The summed E-state index contributed by atoms with van der Waals surface area (Å²) in [5.41, 5.74) is 6.46. The summed E-state index contributed by atoms with van der Waals surface area (Å²) >= 11 is 0. The number of amides is 1. The van der Waals surface area contributed by atoms with Crippen LogP contribution in [0.1, 0.15) is 24.8 Å². The largest absolute Gasteiger partial charge is 0.369 e. The number of primary amides is 1. The van der Waals surface area contributed by atoms with E-state index >= 15 is 0 Å². The number of carbonyl (C=O) groups is 1. The first-order valence-corrected chi connectivity index (χ1v) is 9.17. The number of aliphatic imine (C=N–C) groups is 1. The molecule has 1 aliphatic rings. The Morgan fingerprint density at radius 2 is 2.11 bits per heavy atom. The van der Waals surface area contributed by atoms with Crippen LogP contribution in [0.5, 0.6) is 0 Å². The van der Waals surface area contributed by atoms with Gasteiger partial charge in [-0.2, -0.15) is 0 Å². The number of piperidine rings is 1. The Morgan fingerprint density at radius 3 is 2.74 bits per heavy atom. The summed E-state index contributed by atoms with van der Waals surface area (Å²) in [6.07, 6.45) is 2.91. The Balaban J connectivity index is 0.00000364. The van der Waals surface area contributed by atoms with Crippen LogP contribution in [0, 0.1) is 11.7 Å². The second-order valence-electron chi connectivity index (χ2n) is 6.85. The molecule has 1 aromatic rings. The van der Waals surface area contributed by atoms with Crippen molar-refractivity contribution in [3.8, 4) is 0 Å². The molecule has 1 unspecified atom stereocenters. The van der Waals surface area contributed by atoms with Crippen molar-refractivity contribution in [1.29, 1.82) is 0 Å². The third-order valence-corrected chi connectivity index (χ3v) is 4.75. The lowest BCUT2D eigenvalue weighted by Gasteiger charge is -2.31. The van der Waals surface area contributed by atoms with Gasteiger partial charge in [0, 0.05) is 33.7 Å². The van der Waals surface area contributed by atoms with E-state index in [-0.39, 0.29) is 41.6 Å². The van der Waals surface area contributed by atoms with Crippen LogP contribution in [0.3, 0.4) is 0 Å². The van der Waals surface area contributed by atoms with Crippen molar-refractivity contribution < 1.29 is 9.18 Å². The van der Waals surface area contributed by atoms with Gasteiger partial charge in [0.15, 0.2) is 5.96 Å². The van der Waals surface area contributed by atoms with E-state index in [0.717, 1.165) is 57.0 Å². The number of nitrogens with one attached hydrogen (secondary N) is 1. The molecule has 0 aliphatic carbocycles. The molecule has 2 rings (SSSR count). The van der Waals surface area contributed by atoms with Gasteiger partial charge in [-0.25, -0.2) is 4.39 Å². The topological polar surface area (TPSA) is 74.0 Å². The second kappa shape index (κ2) is 12.1. The standard InChI is InChI=1S/C19H30FN5O.HI/c1-22-19(24(2)13-15-6-8-17(20)9-7-15)23-10-4-12-25-11-3-5-16(14-25)18(21)26;/h6-9,16H,3-5,10-14H2,1-2H3,(H2,21,26)(H,22,23);1H. The monoisotopic (exact) mass is 491 g/mol. The van der Waals surface area contributed by atoms with Crippen LogP contribution >= 0.6 is 24.0 Å². The van der Waals surface area contributed by atoms with Crippen LogP contribution in [0.4, 0.5) is 4.39 Å². The molecule has 0 spiro atoms. The number of hydrogen-bond acceptors (Lipinski definition) is 3. The highest BCUT2D eigenvalue weighted by Gasteiger charge is 2.23. The molecule has 1 heterocycles. The van der Waals surface area contributed by atoms with E-state index in [9.17, 15) is 9.18 Å². The quantitative estimate of drug-likeness (QED) is 0.265. The summed E-state index contributed by atoms with van der Waals surface area (Å²) in [7, 11) is 3.71. The number of nitrogens with two attached hydrogens (primary N) is 1.